The summed E-state index contributed by atoms with van der Waals surface area (Å²) in [5.74, 6) is 0.0853. The normalized spacial score (nSPS) is 11.8. The molecule has 0 radical (unpaired) electrons. The Hall–Kier alpha value is -2.83. The Kier molecular flexibility index (Phi) is 10.8. The standard InChI is InChI=1S/C29H32ClFN2O2S/c1-21(2)17-32-29(35)27(16-22-10-4-3-5-11-22)33(18-23-12-7-9-15-26(23)31)28(34)20-36-19-24-13-6-8-14-25(24)30/h3-15,21,27H,16-20H2,1-2H3,(H,32,35)/t27-/m0/s1. The van der Waals surface area contributed by atoms with Crippen LogP contribution in [0.4, 0.5) is 4.39 Å². The second-order valence-corrected chi connectivity index (χ2v) is 10.4. The maximum atomic E-state index is 14.6. The third kappa shape index (κ3) is 8.38. The van der Waals surface area contributed by atoms with Crippen molar-refractivity contribution < 1.29 is 14.0 Å². The van der Waals surface area contributed by atoms with Gasteiger partial charge in [0.25, 0.3) is 0 Å². The third-order valence-electron chi connectivity index (χ3n) is 5.70. The number of thioether (sulfide) groups is 1. The molecule has 3 aromatic carbocycles. The first-order valence-electron chi connectivity index (χ1n) is 12.0. The molecule has 0 unspecified atom stereocenters. The van der Waals surface area contributed by atoms with E-state index in [1.54, 1.807) is 18.2 Å². The molecule has 0 heterocycles. The van der Waals surface area contributed by atoms with Crippen molar-refractivity contribution >= 4 is 35.2 Å². The van der Waals surface area contributed by atoms with Crippen LogP contribution in [0.2, 0.25) is 5.02 Å². The molecule has 1 N–H and O–H groups in total. The van der Waals surface area contributed by atoms with Gasteiger partial charge in [-0.15, -0.1) is 11.8 Å². The fraction of sp³-hybridized carbons (Fsp3) is 0.310. The highest BCUT2D eigenvalue weighted by Crippen LogP contribution is 2.23. The van der Waals surface area contributed by atoms with Gasteiger partial charge < -0.3 is 10.2 Å². The quantitative estimate of drug-likeness (QED) is 0.309. The number of rotatable bonds is 12. The van der Waals surface area contributed by atoms with Crippen LogP contribution in [0.15, 0.2) is 78.9 Å². The summed E-state index contributed by atoms with van der Waals surface area (Å²) >= 11 is 7.69. The lowest BCUT2D eigenvalue weighted by Gasteiger charge is -2.32. The van der Waals surface area contributed by atoms with Crippen molar-refractivity contribution in [2.24, 2.45) is 5.92 Å². The monoisotopic (exact) mass is 526 g/mol. The highest BCUT2D eigenvalue weighted by atomic mass is 35.5. The average molecular weight is 527 g/mol. The Bertz CT molecular complexity index is 1140. The molecule has 0 fully saturated rings. The number of nitrogens with one attached hydrogen (secondary N) is 1. The molecule has 2 amide bonds. The van der Waals surface area contributed by atoms with Gasteiger partial charge in [-0.2, -0.15) is 0 Å². The van der Waals surface area contributed by atoms with Gasteiger partial charge in [-0.25, -0.2) is 4.39 Å². The summed E-state index contributed by atoms with van der Waals surface area (Å²) in [4.78, 5) is 28.5. The molecule has 36 heavy (non-hydrogen) atoms. The van der Waals surface area contributed by atoms with E-state index in [2.05, 4.69) is 5.32 Å². The summed E-state index contributed by atoms with van der Waals surface area (Å²) in [5, 5.41) is 3.63. The minimum absolute atomic E-state index is 0.00472. The number of nitrogens with zero attached hydrogens (tertiary/aromatic N) is 1. The molecule has 0 aliphatic heterocycles. The van der Waals surface area contributed by atoms with Gasteiger partial charge in [-0.05, 0) is 29.2 Å². The van der Waals surface area contributed by atoms with Crippen molar-refractivity contribution in [2.75, 3.05) is 12.3 Å². The molecule has 3 rings (SSSR count). The van der Waals surface area contributed by atoms with E-state index in [0.29, 0.717) is 29.3 Å². The van der Waals surface area contributed by atoms with Gasteiger partial charge in [-0.1, -0.05) is 92.2 Å². The molecule has 7 heteroatoms. The van der Waals surface area contributed by atoms with Gasteiger partial charge in [0, 0.05) is 35.8 Å². The number of benzene rings is 3. The first kappa shape index (κ1) is 27.8. The summed E-state index contributed by atoms with van der Waals surface area (Å²) in [6.07, 6.45) is 0.333. The molecule has 0 aliphatic carbocycles. The van der Waals surface area contributed by atoms with Gasteiger partial charge in [0.1, 0.15) is 11.9 Å². The van der Waals surface area contributed by atoms with Crippen LogP contribution in [-0.4, -0.2) is 35.1 Å². The van der Waals surface area contributed by atoms with E-state index >= 15 is 0 Å². The molecule has 0 bridgehead atoms. The predicted octanol–water partition coefficient (Wildman–Crippen LogP) is 6.12. The molecule has 0 saturated carbocycles. The molecule has 3 aromatic rings. The first-order chi connectivity index (χ1) is 17.3. The van der Waals surface area contributed by atoms with Crippen molar-refractivity contribution in [1.82, 2.24) is 10.2 Å². The zero-order chi connectivity index (χ0) is 25.9. The molecule has 4 nitrogen and oxygen atoms in total. The highest BCUT2D eigenvalue weighted by Gasteiger charge is 2.30. The lowest BCUT2D eigenvalue weighted by atomic mass is 10.0. The summed E-state index contributed by atoms with van der Waals surface area (Å²) in [7, 11) is 0. The van der Waals surface area contributed by atoms with E-state index in [1.165, 1.54) is 22.7 Å². The summed E-state index contributed by atoms with van der Waals surface area (Å²) in [6.45, 7) is 4.53. The SMILES string of the molecule is CC(C)CNC(=O)[C@H](Cc1ccccc1)N(Cc1ccccc1F)C(=O)CSCc1ccccc1Cl. The van der Waals surface area contributed by atoms with E-state index in [4.69, 9.17) is 11.6 Å². The van der Waals surface area contributed by atoms with Gasteiger partial charge in [-0.3, -0.25) is 9.59 Å². The number of carbonyl (C=O) groups is 2. The van der Waals surface area contributed by atoms with Crippen molar-refractivity contribution in [3.05, 3.63) is 106 Å². The van der Waals surface area contributed by atoms with Crippen molar-refractivity contribution in [1.29, 1.82) is 0 Å². The molecule has 0 spiro atoms. The molecule has 1 atom stereocenters. The van der Waals surface area contributed by atoms with Crippen LogP contribution in [0.5, 0.6) is 0 Å². The number of hydrogen-bond acceptors (Lipinski definition) is 3. The fourth-order valence-corrected chi connectivity index (χ4v) is 4.93. The van der Waals surface area contributed by atoms with Gasteiger partial charge in [0.05, 0.1) is 5.75 Å². The molecular weight excluding hydrogens is 495 g/mol. The Morgan fingerprint density at radius 3 is 2.25 bits per heavy atom. The maximum Gasteiger partial charge on any atom is 0.243 e. The topological polar surface area (TPSA) is 49.4 Å². The molecule has 0 saturated heterocycles. The Morgan fingerprint density at radius 2 is 1.58 bits per heavy atom. The van der Waals surface area contributed by atoms with E-state index < -0.39 is 11.9 Å². The molecule has 0 aromatic heterocycles. The van der Waals surface area contributed by atoms with Crippen LogP contribution < -0.4 is 5.32 Å². The van der Waals surface area contributed by atoms with Gasteiger partial charge in [0.15, 0.2) is 0 Å². The molecular formula is C29H32ClFN2O2S. The van der Waals surface area contributed by atoms with Gasteiger partial charge >= 0.3 is 0 Å². The summed E-state index contributed by atoms with van der Waals surface area (Å²) < 4.78 is 14.6. The van der Waals surface area contributed by atoms with Crippen LogP contribution in [-0.2, 0) is 28.3 Å². The van der Waals surface area contributed by atoms with E-state index in [-0.39, 0.29) is 30.0 Å². The second kappa shape index (κ2) is 14.0. The Labute approximate surface area is 222 Å². The van der Waals surface area contributed by atoms with Crippen LogP contribution in [0.1, 0.15) is 30.5 Å². The first-order valence-corrected chi connectivity index (χ1v) is 13.5. The summed E-state index contributed by atoms with van der Waals surface area (Å²) in [6, 6.07) is 22.7. The Morgan fingerprint density at radius 1 is 0.944 bits per heavy atom. The zero-order valence-electron chi connectivity index (χ0n) is 20.6. The highest BCUT2D eigenvalue weighted by molar-refractivity contribution is 7.99. The Balaban J connectivity index is 1.86. The number of halogens is 2. The van der Waals surface area contributed by atoms with E-state index in [0.717, 1.165) is 11.1 Å². The minimum Gasteiger partial charge on any atom is -0.354 e. The number of hydrogen-bond donors (Lipinski definition) is 1. The fourth-order valence-electron chi connectivity index (χ4n) is 3.73. The smallest absolute Gasteiger partial charge is 0.243 e. The van der Waals surface area contributed by atoms with Crippen molar-refractivity contribution in [2.45, 2.75) is 38.6 Å². The second-order valence-electron chi connectivity index (χ2n) is 9.04. The van der Waals surface area contributed by atoms with E-state index in [9.17, 15) is 14.0 Å². The van der Waals surface area contributed by atoms with Crippen LogP contribution in [0.25, 0.3) is 0 Å². The molecule has 190 valence electrons. The van der Waals surface area contributed by atoms with Crippen molar-refractivity contribution in [3.63, 3.8) is 0 Å². The van der Waals surface area contributed by atoms with Crippen LogP contribution in [0, 0.1) is 11.7 Å². The van der Waals surface area contributed by atoms with Gasteiger partial charge in [0.2, 0.25) is 11.8 Å². The van der Waals surface area contributed by atoms with E-state index in [1.807, 2.05) is 68.4 Å². The average Bonchev–Trinajstić information content (AvgIpc) is 2.87. The minimum atomic E-state index is -0.779. The zero-order valence-corrected chi connectivity index (χ0v) is 22.2. The third-order valence-corrected chi connectivity index (χ3v) is 7.03. The predicted molar refractivity (Wildman–Crippen MR) is 146 cm³/mol. The van der Waals surface area contributed by atoms with Crippen LogP contribution >= 0.6 is 23.4 Å². The van der Waals surface area contributed by atoms with Crippen LogP contribution in [0.3, 0.4) is 0 Å². The number of amides is 2. The van der Waals surface area contributed by atoms with Crippen molar-refractivity contribution in [3.8, 4) is 0 Å². The lowest BCUT2D eigenvalue weighted by molar-refractivity contribution is -0.139. The number of carbonyl (C=O) groups excluding carboxylic acids is 2. The summed E-state index contributed by atoms with van der Waals surface area (Å²) in [5.41, 5.74) is 2.24. The largest absolute Gasteiger partial charge is 0.354 e. The lowest BCUT2D eigenvalue weighted by Crippen LogP contribution is -2.51. The maximum absolute atomic E-state index is 14.6. The molecule has 0 aliphatic rings.